The molecule has 0 aliphatic heterocycles. The molecule has 0 bridgehead atoms. The third-order valence-corrected chi connectivity index (χ3v) is 1.29. The van der Waals surface area contributed by atoms with Gasteiger partial charge in [0.2, 0.25) is 0 Å². The fraction of sp³-hybridized carbons (Fsp3) is 0.750. The molecule has 0 heterocycles. The SMILES string of the molecule is CC(O)COC(=O)NNC(=O)OC(C)CO. The summed E-state index contributed by atoms with van der Waals surface area (Å²) < 4.78 is 9.02. The van der Waals surface area contributed by atoms with E-state index in [1.807, 2.05) is 10.9 Å². The first-order valence-electron chi connectivity index (χ1n) is 4.64. The lowest BCUT2D eigenvalue weighted by Crippen LogP contribution is -2.43. The molecule has 0 saturated carbocycles. The Hall–Kier alpha value is -1.54. The summed E-state index contributed by atoms with van der Waals surface area (Å²) in [5.74, 6) is 0. The minimum absolute atomic E-state index is 0.185. The highest BCUT2D eigenvalue weighted by atomic mass is 16.6. The lowest BCUT2D eigenvalue weighted by Gasteiger charge is -2.12. The third kappa shape index (κ3) is 7.83. The summed E-state index contributed by atoms with van der Waals surface area (Å²) >= 11 is 0. The summed E-state index contributed by atoms with van der Waals surface area (Å²) in [4.78, 5) is 21.7. The van der Waals surface area contributed by atoms with E-state index in [0.717, 1.165) is 0 Å². The van der Waals surface area contributed by atoms with Gasteiger partial charge < -0.3 is 19.7 Å². The van der Waals surface area contributed by atoms with Crippen molar-refractivity contribution in [1.29, 1.82) is 0 Å². The minimum atomic E-state index is -0.922. The number of carbonyl (C=O) groups is 2. The smallest absolute Gasteiger partial charge is 0.426 e. The van der Waals surface area contributed by atoms with Crippen LogP contribution in [-0.4, -0.2) is 47.8 Å². The minimum Gasteiger partial charge on any atom is -0.446 e. The molecule has 2 unspecified atom stereocenters. The third-order valence-electron chi connectivity index (χ3n) is 1.29. The zero-order valence-electron chi connectivity index (χ0n) is 9.10. The van der Waals surface area contributed by atoms with Crippen molar-refractivity contribution in [3.05, 3.63) is 0 Å². The Morgan fingerprint density at radius 1 is 1.25 bits per heavy atom. The van der Waals surface area contributed by atoms with E-state index in [0.29, 0.717) is 0 Å². The lowest BCUT2D eigenvalue weighted by molar-refractivity contribution is 0.0590. The molecule has 0 aliphatic carbocycles. The van der Waals surface area contributed by atoms with Gasteiger partial charge in [0.1, 0.15) is 12.7 Å². The number of rotatable bonds is 4. The van der Waals surface area contributed by atoms with Crippen LogP contribution in [0.25, 0.3) is 0 Å². The molecule has 4 N–H and O–H groups in total. The summed E-state index contributed by atoms with van der Waals surface area (Å²) in [6, 6.07) is 0. The predicted octanol–water partition coefficient (Wildman–Crippen LogP) is -0.885. The van der Waals surface area contributed by atoms with Crippen LogP contribution < -0.4 is 10.9 Å². The van der Waals surface area contributed by atoms with Crippen molar-refractivity contribution >= 4 is 12.2 Å². The van der Waals surface area contributed by atoms with Crippen LogP contribution in [0.15, 0.2) is 0 Å². The highest BCUT2D eigenvalue weighted by molar-refractivity contribution is 5.73. The quantitative estimate of drug-likeness (QED) is 0.471. The van der Waals surface area contributed by atoms with Crippen molar-refractivity contribution in [3.8, 4) is 0 Å². The fourth-order valence-electron chi connectivity index (χ4n) is 0.584. The van der Waals surface area contributed by atoms with Gasteiger partial charge in [-0.2, -0.15) is 0 Å². The van der Waals surface area contributed by atoms with Gasteiger partial charge >= 0.3 is 12.2 Å². The van der Waals surface area contributed by atoms with Crippen LogP contribution >= 0.6 is 0 Å². The van der Waals surface area contributed by atoms with Gasteiger partial charge in [-0.05, 0) is 13.8 Å². The molecule has 0 aromatic heterocycles. The van der Waals surface area contributed by atoms with Gasteiger partial charge in [-0.15, -0.1) is 0 Å². The molecular weight excluding hydrogens is 220 g/mol. The number of hydrazine groups is 1. The molecule has 0 radical (unpaired) electrons. The van der Waals surface area contributed by atoms with Gasteiger partial charge in [0.15, 0.2) is 0 Å². The number of carbonyl (C=O) groups excluding carboxylic acids is 2. The summed E-state index contributed by atoms with van der Waals surface area (Å²) in [7, 11) is 0. The molecule has 0 rings (SSSR count). The summed E-state index contributed by atoms with van der Waals surface area (Å²) in [5.41, 5.74) is 3.78. The first kappa shape index (κ1) is 14.5. The molecule has 2 amide bonds. The first-order valence-corrected chi connectivity index (χ1v) is 4.64. The number of aliphatic hydroxyl groups is 2. The Morgan fingerprint density at radius 2 is 1.81 bits per heavy atom. The van der Waals surface area contributed by atoms with Gasteiger partial charge in [0, 0.05) is 0 Å². The van der Waals surface area contributed by atoms with Crippen molar-refractivity contribution < 1.29 is 29.3 Å². The van der Waals surface area contributed by atoms with E-state index in [4.69, 9.17) is 10.2 Å². The van der Waals surface area contributed by atoms with Crippen LogP contribution in [0.4, 0.5) is 9.59 Å². The van der Waals surface area contributed by atoms with Crippen LogP contribution in [0, 0.1) is 0 Å². The summed E-state index contributed by atoms with van der Waals surface area (Å²) in [6.07, 6.45) is -3.30. The van der Waals surface area contributed by atoms with Gasteiger partial charge in [0.05, 0.1) is 12.7 Å². The molecule has 0 saturated heterocycles. The average molecular weight is 236 g/mol. The van der Waals surface area contributed by atoms with Crippen molar-refractivity contribution in [3.63, 3.8) is 0 Å². The van der Waals surface area contributed by atoms with Crippen LogP contribution in [-0.2, 0) is 9.47 Å². The number of aliphatic hydroxyl groups excluding tert-OH is 2. The van der Waals surface area contributed by atoms with E-state index in [9.17, 15) is 9.59 Å². The number of amides is 2. The monoisotopic (exact) mass is 236 g/mol. The topological polar surface area (TPSA) is 117 Å². The second-order valence-electron chi connectivity index (χ2n) is 3.10. The number of hydrogen-bond acceptors (Lipinski definition) is 6. The van der Waals surface area contributed by atoms with Crippen molar-refractivity contribution in [2.45, 2.75) is 26.1 Å². The molecule has 2 atom stereocenters. The molecular formula is C8H16N2O6. The fourth-order valence-corrected chi connectivity index (χ4v) is 0.584. The van der Waals surface area contributed by atoms with E-state index in [2.05, 4.69) is 9.47 Å². The van der Waals surface area contributed by atoms with Crippen LogP contribution in [0.1, 0.15) is 13.8 Å². The Kier molecular flexibility index (Phi) is 6.97. The van der Waals surface area contributed by atoms with E-state index < -0.39 is 24.4 Å². The molecule has 8 nitrogen and oxygen atoms in total. The van der Waals surface area contributed by atoms with E-state index in [1.165, 1.54) is 13.8 Å². The van der Waals surface area contributed by atoms with Gasteiger partial charge in [-0.3, -0.25) is 0 Å². The zero-order chi connectivity index (χ0) is 12.6. The Morgan fingerprint density at radius 3 is 2.31 bits per heavy atom. The molecule has 0 aromatic rings. The average Bonchev–Trinajstić information content (AvgIpc) is 2.23. The maximum atomic E-state index is 10.9. The Labute approximate surface area is 92.5 Å². The van der Waals surface area contributed by atoms with Crippen LogP contribution in [0.5, 0.6) is 0 Å². The Bertz CT molecular complexity index is 233. The zero-order valence-corrected chi connectivity index (χ0v) is 9.10. The van der Waals surface area contributed by atoms with E-state index in [1.54, 1.807) is 0 Å². The maximum absolute atomic E-state index is 10.9. The summed E-state index contributed by atoms with van der Waals surface area (Å²) in [5, 5.41) is 17.3. The number of ether oxygens (including phenoxy) is 2. The highest BCUT2D eigenvalue weighted by Gasteiger charge is 2.10. The lowest BCUT2D eigenvalue weighted by atomic mass is 10.4. The van der Waals surface area contributed by atoms with Crippen molar-refractivity contribution in [2.24, 2.45) is 0 Å². The normalized spacial score (nSPS) is 13.5. The maximum Gasteiger partial charge on any atom is 0.426 e. The molecule has 8 heteroatoms. The van der Waals surface area contributed by atoms with Gasteiger partial charge in [-0.25, -0.2) is 20.4 Å². The summed E-state index contributed by atoms with van der Waals surface area (Å²) in [6.45, 7) is 2.42. The number of nitrogens with one attached hydrogen (secondary N) is 2. The number of hydrogen-bond donors (Lipinski definition) is 4. The van der Waals surface area contributed by atoms with Crippen molar-refractivity contribution in [2.75, 3.05) is 13.2 Å². The van der Waals surface area contributed by atoms with E-state index >= 15 is 0 Å². The van der Waals surface area contributed by atoms with Gasteiger partial charge in [-0.1, -0.05) is 0 Å². The van der Waals surface area contributed by atoms with Crippen LogP contribution in [0.3, 0.4) is 0 Å². The largest absolute Gasteiger partial charge is 0.446 e. The molecule has 94 valence electrons. The van der Waals surface area contributed by atoms with Crippen molar-refractivity contribution in [1.82, 2.24) is 10.9 Å². The molecule has 0 fully saturated rings. The van der Waals surface area contributed by atoms with Crippen LogP contribution in [0.2, 0.25) is 0 Å². The molecule has 0 aromatic carbocycles. The van der Waals surface area contributed by atoms with E-state index in [-0.39, 0.29) is 13.2 Å². The molecule has 0 spiro atoms. The standard InChI is InChI=1S/C8H16N2O6/c1-5(12)4-15-7(13)9-10-8(14)16-6(2)3-11/h5-6,11-12H,3-4H2,1-2H3,(H,9,13)(H,10,14). The molecule has 16 heavy (non-hydrogen) atoms. The Balaban J connectivity index is 3.63. The second-order valence-corrected chi connectivity index (χ2v) is 3.10. The predicted molar refractivity (Wildman–Crippen MR) is 52.3 cm³/mol. The highest BCUT2D eigenvalue weighted by Crippen LogP contribution is 1.88. The second kappa shape index (κ2) is 7.71. The molecule has 0 aliphatic rings. The first-order chi connectivity index (χ1) is 7.45. The van der Waals surface area contributed by atoms with Gasteiger partial charge in [0.25, 0.3) is 0 Å².